The lowest BCUT2D eigenvalue weighted by Gasteiger charge is -2.22. The van der Waals surface area contributed by atoms with E-state index in [4.69, 9.17) is 0 Å². The van der Waals surface area contributed by atoms with Crippen molar-refractivity contribution in [3.8, 4) is 5.69 Å². The average molecular weight is 374 g/mol. The Morgan fingerprint density at radius 1 is 1.32 bits per heavy atom. The molecule has 1 aromatic carbocycles. The van der Waals surface area contributed by atoms with Gasteiger partial charge in [-0.15, -0.1) is 11.3 Å². The molecule has 3 aromatic rings. The van der Waals surface area contributed by atoms with E-state index in [1.165, 1.54) is 4.88 Å². The van der Waals surface area contributed by atoms with E-state index in [2.05, 4.69) is 32.3 Å². The lowest BCUT2D eigenvalue weighted by Crippen LogP contribution is -2.24. The van der Waals surface area contributed by atoms with Crippen molar-refractivity contribution in [2.24, 2.45) is 0 Å². The predicted molar refractivity (Wildman–Crippen MR) is 90.7 cm³/mol. The van der Waals surface area contributed by atoms with Gasteiger partial charge >= 0.3 is 0 Å². The van der Waals surface area contributed by atoms with Gasteiger partial charge in [-0.1, -0.05) is 28.1 Å². The van der Waals surface area contributed by atoms with Gasteiger partial charge in [0.1, 0.15) is 12.1 Å². The van der Waals surface area contributed by atoms with Crippen LogP contribution >= 0.6 is 27.3 Å². The van der Waals surface area contributed by atoms with Crippen LogP contribution in [0.3, 0.4) is 0 Å². The minimum atomic E-state index is 0.0302. The molecule has 0 spiro atoms. The van der Waals surface area contributed by atoms with E-state index < -0.39 is 0 Å². The predicted octanol–water partition coefficient (Wildman–Crippen LogP) is 4.17. The largest absolute Gasteiger partial charge is 0.310 e. The number of amides is 1. The fourth-order valence-electron chi connectivity index (χ4n) is 2.75. The number of anilines is 1. The van der Waals surface area contributed by atoms with Crippen LogP contribution in [0.4, 0.5) is 5.82 Å². The Morgan fingerprint density at radius 3 is 3.00 bits per heavy atom. The van der Waals surface area contributed by atoms with Crippen molar-refractivity contribution in [3.63, 3.8) is 0 Å². The Morgan fingerprint density at radius 2 is 2.23 bits per heavy atom. The number of nitrogens with zero attached hydrogens (tertiary/aromatic N) is 2. The molecule has 6 heteroatoms. The Balaban J connectivity index is 1.84. The first kappa shape index (κ1) is 13.7. The maximum atomic E-state index is 12.1. The summed E-state index contributed by atoms with van der Waals surface area (Å²) in [6.07, 6.45) is 2.22. The number of halogens is 1. The van der Waals surface area contributed by atoms with Gasteiger partial charge in [0.05, 0.1) is 5.69 Å². The van der Waals surface area contributed by atoms with Crippen LogP contribution in [0.1, 0.15) is 22.9 Å². The zero-order chi connectivity index (χ0) is 15.1. The van der Waals surface area contributed by atoms with Crippen molar-refractivity contribution >= 4 is 39.0 Å². The Labute approximate surface area is 139 Å². The fraction of sp³-hybridized carbons (Fsp3) is 0.125. The highest BCUT2D eigenvalue weighted by atomic mass is 79.9. The smallest absolute Gasteiger partial charge is 0.226 e. The van der Waals surface area contributed by atoms with Gasteiger partial charge in [0.15, 0.2) is 0 Å². The number of thiophene rings is 1. The lowest BCUT2D eigenvalue weighted by molar-refractivity contribution is -0.116. The molecule has 22 heavy (non-hydrogen) atoms. The monoisotopic (exact) mass is 373 g/mol. The second kappa shape index (κ2) is 5.37. The topological polar surface area (TPSA) is 46.9 Å². The first-order valence-electron chi connectivity index (χ1n) is 6.89. The van der Waals surface area contributed by atoms with E-state index in [0.29, 0.717) is 6.42 Å². The number of hydrogen-bond donors (Lipinski definition) is 1. The molecule has 4 rings (SSSR count). The van der Waals surface area contributed by atoms with Crippen LogP contribution in [0.15, 0.2) is 52.6 Å². The first-order chi connectivity index (χ1) is 10.7. The third-order valence-corrected chi connectivity index (χ3v) is 5.23. The number of carbonyl (C=O) groups excluding carboxylic acids is 1. The number of hydrogen-bond acceptors (Lipinski definition) is 3. The molecule has 3 heterocycles. The van der Waals surface area contributed by atoms with Gasteiger partial charge in [-0.2, -0.15) is 0 Å². The lowest BCUT2D eigenvalue weighted by atomic mass is 9.96. The molecule has 0 saturated carbocycles. The van der Waals surface area contributed by atoms with Crippen molar-refractivity contribution < 1.29 is 4.79 Å². The van der Waals surface area contributed by atoms with Crippen molar-refractivity contribution in [2.75, 3.05) is 5.32 Å². The maximum absolute atomic E-state index is 12.1. The van der Waals surface area contributed by atoms with Crippen LogP contribution in [0, 0.1) is 0 Å². The number of nitrogens with one attached hydrogen (secondary N) is 1. The van der Waals surface area contributed by atoms with Crippen molar-refractivity contribution in [1.82, 2.24) is 9.55 Å². The molecule has 1 unspecified atom stereocenters. The molecule has 0 radical (unpaired) electrons. The summed E-state index contributed by atoms with van der Waals surface area (Å²) in [7, 11) is 0. The second-order valence-electron chi connectivity index (χ2n) is 5.15. The van der Waals surface area contributed by atoms with Gasteiger partial charge in [-0.3, -0.25) is 9.36 Å². The molecule has 0 aliphatic carbocycles. The van der Waals surface area contributed by atoms with Gasteiger partial charge < -0.3 is 5.32 Å². The molecular weight excluding hydrogens is 362 g/mol. The van der Waals surface area contributed by atoms with Gasteiger partial charge in [-0.05, 0) is 29.6 Å². The quantitative estimate of drug-likeness (QED) is 0.732. The van der Waals surface area contributed by atoms with E-state index in [1.807, 2.05) is 40.3 Å². The van der Waals surface area contributed by atoms with E-state index in [1.54, 1.807) is 17.7 Å². The second-order valence-corrected chi connectivity index (χ2v) is 7.04. The molecule has 1 atom stereocenters. The van der Waals surface area contributed by atoms with Gasteiger partial charge in [-0.25, -0.2) is 4.98 Å². The number of carbonyl (C=O) groups is 1. The minimum absolute atomic E-state index is 0.0302. The number of fused-ring (bicyclic) bond motifs is 1. The van der Waals surface area contributed by atoms with Crippen molar-refractivity contribution in [1.29, 1.82) is 0 Å². The van der Waals surface area contributed by atoms with E-state index in [0.717, 1.165) is 21.7 Å². The third-order valence-electron chi connectivity index (χ3n) is 3.75. The Kier molecular flexibility index (Phi) is 3.35. The van der Waals surface area contributed by atoms with E-state index in [-0.39, 0.29) is 11.8 Å². The summed E-state index contributed by atoms with van der Waals surface area (Å²) in [5, 5.41) is 5.00. The van der Waals surface area contributed by atoms with E-state index in [9.17, 15) is 4.79 Å². The minimum Gasteiger partial charge on any atom is -0.310 e. The molecule has 1 aliphatic rings. The van der Waals surface area contributed by atoms with Crippen LogP contribution in [-0.4, -0.2) is 15.5 Å². The molecule has 1 aliphatic heterocycles. The zero-order valence-corrected chi connectivity index (χ0v) is 13.9. The molecule has 2 aromatic heterocycles. The highest BCUT2D eigenvalue weighted by Crippen LogP contribution is 2.39. The van der Waals surface area contributed by atoms with Crippen molar-refractivity contribution in [2.45, 2.75) is 12.3 Å². The van der Waals surface area contributed by atoms with E-state index >= 15 is 0 Å². The summed E-state index contributed by atoms with van der Waals surface area (Å²) in [5.41, 5.74) is 1.90. The summed E-state index contributed by atoms with van der Waals surface area (Å²) in [6.45, 7) is 0. The van der Waals surface area contributed by atoms with Gasteiger partial charge in [0, 0.05) is 27.4 Å². The highest BCUT2D eigenvalue weighted by molar-refractivity contribution is 9.10. The maximum Gasteiger partial charge on any atom is 0.226 e. The summed E-state index contributed by atoms with van der Waals surface area (Å²) < 4.78 is 2.92. The summed E-state index contributed by atoms with van der Waals surface area (Å²) >= 11 is 5.15. The molecule has 1 amide bonds. The molecular formula is C16H12BrN3OS. The summed E-state index contributed by atoms with van der Waals surface area (Å²) in [5.74, 6) is 0.840. The number of imidazole rings is 1. The molecule has 0 fully saturated rings. The zero-order valence-electron chi connectivity index (χ0n) is 11.5. The summed E-state index contributed by atoms with van der Waals surface area (Å²) in [6, 6.07) is 12.0. The van der Waals surface area contributed by atoms with Gasteiger partial charge in [0.2, 0.25) is 5.91 Å². The summed E-state index contributed by atoms with van der Waals surface area (Å²) in [4.78, 5) is 17.9. The normalized spacial score (nSPS) is 17.1. The first-order valence-corrected chi connectivity index (χ1v) is 8.56. The molecule has 0 bridgehead atoms. The van der Waals surface area contributed by atoms with Crippen LogP contribution in [0.25, 0.3) is 5.69 Å². The number of rotatable bonds is 2. The van der Waals surface area contributed by atoms with Crippen LogP contribution < -0.4 is 5.32 Å². The standard InChI is InChI=1S/C16H12BrN3OS/c17-10-3-1-4-11(7-10)20-9-18-15-12(13-5-2-6-22-13)8-14(21)19-16(15)20/h1-7,9,12H,8H2,(H,19,21). The number of aromatic nitrogens is 2. The average Bonchev–Trinajstić information content (AvgIpc) is 3.16. The number of benzene rings is 1. The molecule has 1 N–H and O–H groups in total. The van der Waals surface area contributed by atoms with Gasteiger partial charge in [0.25, 0.3) is 0 Å². The highest BCUT2D eigenvalue weighted by Gasteiger charge is 2.31. The fourth-order valence-corrected chi connectivity index (χ4v) is 3.97. The Bertz CT molecular complexity index is 841. The molecule has 110 valence electrons. The van der Waals surface area contributed by atoms with Crippen LogP contribution in [0.2, 0.25) is 0 Å². The third kappa shape index (κ3) is 2.28. The van der Waals surface area contributed by atoms with Crippen LogP contribution in [-0.2, 0) is 4.79 Å². The SMILES string of the molecule is O=C1CC(c2cccs2)c2ncn(-c3cccc(Br)c3)c2N1. The molecule has 4 nitrogen and oxygen atoms in total. The molecule has 0 saturated heterocycles. The van der Waals surface area contributed by atoms with Crippen molar-refractivity contribution in [3.05, 3.63) is 63.1 Å². The Hall–Kier alpha value is -1.92. The van der Waals surface area contributed by atoms with Crippen LogP contribution in [0.5, 0.6) is 0 Å².